The second kappa shape index (κ2) is 9.09. The zero-order chi connectivity index (χ0) is 24.5. The third-order valence-electron chi connectivity index (χ3n) is 5.90. The van der Waals surface area contributed by atoms with Crippen LogP contribution >= 0.6 is 0 Å². The van der Waals surface area contributed by atoms with Crippen LogP contribution < -0.4 is 20.3 Å². The molecule has 1 unspecified atom stereocenters. The highest BCUT2D eigenvalue weighted by Crippen LogP contribution is 2.41. The predicted octanol–water partition coefficient (Wildman–Crippen LogP) is 3.95. The van der Waals surface area contributed by atoms with E-state index in [0.29, 0.717) is 29.3 Å². The summed E-state index contributed by atoms with van der Waals surface area (Å²) in [7, 11) is 1.51. The number of hydrogen-bond acceptors (Lipinski definition) is 7. The van der Waals surface area contributed by atoms with Crippen LogP contribution in [0.3, 0.4) is 0 Å². The van der Waals surface area contributed by atoms with Crippen molar-refractivity contribution in [2.24, 2.45) is 0 Å². The highest BCUT2D eigenvalue weighted by Gasteiger charge is 2.37. The van der Waals surface area contributed by atoms with Crippen molar-refractivity contribution in [1.29, 1.82) is 0 Å². The second-order valence-corrected chi connectivity index (χ2v) is 8.91. The van der Waals surface area contributed by atoms with Gasteiger partial charge in [0.1, 0.15) is 5.82 Å². The average Bonchev–Trinajstić information content (AvgIpc) is 3.09. The van der Waals surface area contributed by atoms with E-state index >= 15 is 0 Å². The zero-order valence-corrected chi connectivity index (χ0v) is 19.9. The van der Waals surface area contributed by atoms with E-state index in [2.05, 4.69) is 39.4 Å². The summed E-state index contributed by atoms with van der Waals surface area (Å²) in [4.78, 5) is 39.8. The van der Waals surface area contributed by atoms with Crippen molar-refractivity contribution in [3.63, 3.8) is 0 Å². The van der Waals surface area contributed by atoms with E-state index in [1.807, 2.05) is 25.1 Å². The number of benzene rings is 1. The van der Waals surface area contributed by atoms with Crippen molar-refractivity contribution < 1.29 is 14.3 Å². The molecule has 9 heteroatoms. The molecule has 0 aliphatic carbocycles. The fourth-order valence-corrected chi connectivity index (χ4v) is 4.13. The van der Waals surface area contributed by atoms with Gasteiger partial charge in [0.05, 0.1) is 24.4 Å². The molecule has 3 heterocycles. The monoisotopic (exact) mass is 460 g/mol. The third-order valence-corrected chi connectivity index (χ3v) is 5.90. The van der Waals surface area contributed by atoms with Gasteiger partial charge in [-0.25, -0.2) is 9.97 Å². The van der Waals surface area contributed by atoms with Gasteiger partial charge in [-0.05, 0) is 42.8 Å². The Bertz CT molecular complexity index is 1240. The van der Waals surface area contributed by atoms with Crippen LogP contribution in [0.15, 0.2) is 48.8 Å². The quantitative estimate of drug-likeness (QED) is 0.573. The Morgan fingerprint density at radius 1 is 1.15 bits per heavy atom. The van der Waals surface area contributed by atoms with Crippen molar-refractivity contribution in [2.75, 3.05) is 29.2 Å². The Morgan fingerprint density at radius 2 is 1.94 bits per heavy atom. The molecule has 1 aliphatic heterocycles. The largest absolute Gasteiger partial charge is 0.467 e. The van der Waals surface area contributed by atoms with Crippen molar-refractivity contribution in [1.82, 2.24) is 15.0 Å². The summed E-state index contributed by atoms with van der Waals surface area (Å²) in [6.07, 6.45) is 3.24. The number of hydrogen-bond donors (Lipinski definition) is 2. The fraction of sp³-hybridized carbons (Fsp3) is 0.320. The molecule has 176 valence electrons. The van der Waals surface area contributed by atoms with Crippen LogP contribution in [-0.2, 0) is 10.2 Å². The van der Waals surface area contributed by atoms with Gasteiger partial charge in [0, 0.05) is 42.7 Å². The topological polar surface area (TPSA) is 109 Å². The first-order chi connectivity index (χ1) is 16.2. The molecular formula is C25H28N6O3. The molecule has 0 bridgehead atoms. The summed E-state index contributed by atoms with van der Waals surface area (Å²) in [6.45, 7) is 8.29. The first-order valence-corrected chi connectivity index (χ1v) is 11.0. The number of fused-ring (bicyclic) bond motifs is 1. The lowest BCUT2D eigenvalue weighted by atomic mass is 9.87. The van der Waals surface area contributed by atoms with Crippen molar-refractivity contribution in [3.05, 3.63) is 65.6 Å². The van der Waals surface area contributed by atoms with Gasteiger partial charge in [-0.15, -0.1) is 0 Å². The first kappa shape index (κ1) is 23.2. The number of rotatable bonds is 6. The number of carbonyl (C=O) groups excluding carboxylic acids is 2. The van der Waals surface area contributed by atoms with Gasteiger partial charge < -0.3 is 20.3 Å². The van der Waals surface area contributed by atoms with Gasteiger partial charge >= 0.3 is 6.01 Å². The number of anilines is 3. The standard InChI is InChI=1S/C25H28N6O3/c1-15(20-10-12-27-24(30-20)34-5)28-22-18(7-6-11-26-22)23(33)29-17-8-9-19-21(13-17)31(16(2)32)14-25(19,3)4/h6-13,15H,14H2,1-5H3,(H,26,28)(H,29,33). The number of ether oxygens (including phenoxy) is 1. The Labute approximate surface area is 198 Å². The molecule has 1 aromatic carbocycles. The summed E-state index contributed by atoms with van der Waals surface area (Å²) in [5, 5.41) is 6.19. The second-order valence-electron chi connectivity index (χ2n) is 8.91. The maximum absolute atomic E-state index is 13.2. The Hall–Kier alpha value is -4.01. The predicted molar refractivity (Wildman–Crippen MR) is 130 cm³/mol. The van der Waals surface area contributed by atoms with Crippen LogP contribution in [0.4, 0.5) is 17.2 Å². The van der Waals surface area contributed by atoms with E-state index in [1.165, 1.54) is 7.11 Å². The summed E-state index contributed by atoms with van der Waals surface area (Å²) in [5.41, 5.74) is 3.46. The summed E-state index contributed by atoms with van der Waals surface area (Å²) < 4.78 is 5.10. The minimum Gasteiger partial charge on any atom is -0.467 e. The van der Waals surface area contributed by atoms with Gasteiger partial charge in [0.15, 0.2) is 0 Å². The molecule has 9 nitrogen and oxygen atoms in total. The van der Waals surface area contributed by atoms with Crippen molar-refractivity contribution >= 4 is 29.0 Å². The molecule has 1 atom stereocenters. The minimum absolute atomic E-state index is 0.0237. The minimum atomic E-state index is -0.311. The lowest BCUT2D eigenvalue weighted by Gasteiger charge is -2.19. The number of pyridine rings is 1. The molecule has 34 heavy (non-hydrogen) atoms. The van der Waals surface area contributed by atoms with E-state index < -0.39 is 0 Å². The van der Waals surface area contributed by atoms with Gasteiger partial charge in [-0.1, -0.05) is 19.9 Å². The highest BCUT2D eigenvalue weighted by molar-refractivity contribution is 6.08. The van der Waals surface area contributed by atoms with E-state index in [9.17, 15) is 9.59 Å². The molecule has 2 aromatic heterocycles. The summed E-state index contributed by atoms with van der Waals surface area (Å²) >= 11 is 0. The Morgan fingerprint density at radius 3 is 2.68 bits per heavy atom. The van der Waals surface area contributed by atoms with Gasteiger partial charge in [-0.3, -0.25) is 9.59 Å². The van der Waals surface area contributed by atoms with Crippen molar-refractivity contribution in [3.8, 4) is 6.01 Å². The molecule has 0 radical (unpaired) electrons. The molecule has 1 aliphatic rings. The van der Waals surface area contributed by atoms with E-state index in [0.717, 1.165) is 11.3 Å². The average molecular weight is 461 g/mol. The van der Waals surface area contributed by atoms with Crippen LogP contribution in [0.1, 0.15) is 55.4 Å². The normalized spacial score (nSPS) is 14.8. The molecule has 0 saturated carbocycles. The van der Waals surface area contributed by atoms with Crippen LogP contribution in [-0.4, -0.2) is 40.4 Å². The maximum atomic E-state index is 13.2. The summed E-state index contributed by atoms with van der Waals surface area (Å²) in [5.74, 6) is 0.0942. The number of carbonyl (C=O) groups is 2. The zero-order valence-electron chi connectivity index (χ0n) is 19.9. The number of methoxy groups -OCH3 is 1. The summed E-state index contributed by atoms with van der Waals surface area (Å²) in [6, 6.07) is 10.9. The molecule has 2 N–H and O–H groups in total. The molecule has 0 saturated heterocycles. The lowest BCUT2D eigenvalue weighted by Crippen LogP contribution is -2.32. The third kappa shape index (κ3) is 4.54. The number of nitrogens with zero attached hydrogens (tertiary/aromatic N) is 4. The number of aromatic nitrogens is 3. The Balaban J connectivity index is 1.56. The van der Waals surface area contributed by atoms with Crippen molar-refractivity contribution in [2.45, 2.75) is 39.2 Å². The molecule has 4 rings (SSSR count). The smallest absolute Gasteiger partial charge is 0.316 e. The lowest BCUT2D eigenvalue weighted by molar-refractivity contribution is -0.116. The van der Waals surface area contributed by atoms with E-state index in [1.54, 1.807) is 42.4 Å². The Kier molecular flexibility index (Phi) is 6.19. The van der Waals surface area contributed by atoms with Crippen LogP contribution in [0.5, 0.6) is 6.01 Å². The first-order valence-electron chi connectivity index (χ1n) is 11.0. The van der Waals surface area contributed by atoms with Gasteiger partial charge in [0.2, 0.25) is 5.91 Å². The molecule has 2 amide bonds. The fourth-order valence-electron chi connectivity index (χ4n) is 4.13. The molecule has 0 spiro atoms. The van der Waals surface area contributed by atoms with E-state index in [-0.39, 0.29) is 29.3 Å². The van der Waals surface area contributed by atoms with Crippen LogP contribution in [0.2, 0.25) is 0 Å². The van der Waals surface area contributed by atoms with Crippen LogP contribution in [0, 0.1) is 0 Å². The molecule has 0 fully saturated rings. The molecule has 3 aromatic rings. The highest BCUT2D eigenvalue weighted by atomic mass is 16.5. The number of amides is 2. The number of nitrogens with one attached hydrogen (secondary N) is 2. The van der Waals surface area contributed by atoms with E-state index in [4.69, 9.17) is 4.74 Å². The maximum Gasteiger partial charge on any atom is 0.316 e. The van der Waals surface area contributed by atoms with Gasteiger partial charge in [-0.2, -0.15) is 4.98 Å². The van der Waals surface area contributed by atoms with Gasteiger partial charge in [0.25, 0.3) is 5.91 Å². The molecular weight excluding hydrogens is 432 g/mol. The SMILES string of the molecule is COc1nccc(C(C)Nc2ncccc2C(=O)Nc2ccc3c(c2)N(C(C)=O)CC3(C)C)n1. The van der Waals surface area contributed by atoms with Crippen LogP contribution in [0.25, 0.3) is 0 Å².